The van der Waals surface area contributed by atoms with Crippen molar-refractivity contribution >= 4 is 17.7 Å². The van der Waals surface area contributed by atoms with Crippen LogP contribution in [0.4, 0.5) is 0 Å². The van der Waals surface area contributed by atoms with Gasteiger partial charge in [-0.2, -0.15) is 0 Å². The zero-order valence-electron chi connectivity index (χ0n) is 10.2. The van der Waals surface area contributed by atoms with Crippen LogP contribution in [0.5, 0.6) is 0 Å². The van der Waals surface area contributed by atoms with Gasteiger partial charge in [0.15, 0.2) is 0 Å². The molecular weight excluding hydrogens is 208 g/mol. The minimum atomic E-state index is -0.710. The van der Waals surface area contributed by atoms with Crippen LogP contribution in [0.25, 0.3) is 0 Å². The first-order valence-corrected chi connectivity index (χ1v) is 6.86. The predicted molar refractivity (Wildman–Crippen MR) is 67.5 cm³/mol. The number of rotatable bonds is 9. The van der Waals surface area contributed by atoms with Crippen molar-refractivity contribution in [2.45, 2.75) is 64.0 Å². The van der Waals surface area contributed by atoms with Crippen molar-refractivity contribution in [3.8, 4) is 0 Å². The van der Waals surface area contributed by atoms with Crippen LogP contribution in [0.2, 0.25) is 0 Å². The summed E-state index contributed by atoms with van der Waals surface area (Å²) in [6, 6.07) is 0. The number of unbranched alkanes of at least 4 members (excludes halogenated alkanes) is 5. The van der Waals surface area contributed by atoms with E-state index in [0.29, 0.717) is 0 Å². The Hall–Kier alpha value is -0.180. The Balaban J connectivity index is 3.35. The van der Waals surface area contributed by atoms with E-state index in [9.17, 15) is 4.79 Å². The van der Waals surface area contributed by atoms with Gasteiger partial charge in [-0.15, -0.1) is 11.8 Å². The molecule has 0 unspecified atom stereocenters. The molecule has 0 amide bonds. The third-order valence-corrected chi connectivity index (χ3v) is 3.86. The summed E-state index contributed by atoms with van der Waals surface area (Å²) in [5.74, 6) is 0.254. The quantitative estimate of drug-likeness (QED) is 0.612. The lowest BCUT2D eigenvalue weighted by Crippen LogP contribution is -2.27. The molecule has 15 heavy (non-hydrogen) atoms. The van der Waals surface area contributed by atoms with Crippen LogP contribution >= 0.6 is 11.8 Å². The van der Waals surface area contributed by atoms with E-state index in [1.807, 2.05) is 0 Å². The fourth-order valence-electron chi connectivity index (χ4n) is 1.27. The van der Waals surface area contributed by atoms with Gasteiger partial charge in [-0.3, -0.25) is 4.79 Å². The maximum absolute atomic E-state index is 10.8. The van der Waals surface area contributed by atoms with Crippen LogP contribution in [-0.4, -0.2) is 21.6 Å². The fraction of sp³-hybridized carbons (Fsp3) is 0.917. The number of carboxylic acids is 1. The van der Waals surface area contributed by atoms with Crippen LogP contribution < -0.4 is 0 Å². The van der Waals surface area contributed by atoms with E-state index >= 15 is 0 Å². The second-order valence-corrected chi connectivity index (χ2v) is 6.15. The van der Waals surface area contributed by atoms with Gasteiger partial charge in [0, 0.05) is 0 Å². The monoisotopic (exact) mass is 232 g/mol. The van der Waals surface area contributed by atoms with Gasteiger partial charge in [0.1, 0.15) is 4.75 Å². The average Bonchev–Trinajstić information content (AvgIpc) is 2.16. The predicted octanol–water partition coefficient (Wildman–Crippen LogP) is 3.94. The Bertz CT molecular complexity index is 178. The summed E-state index contributed by atoms with van der Waals surface area (Å²) in [6.45, 7) is 5.76. The second-order valence-electron chi connectivity index (χ2n) is 4.43. The van der Waals surface area contributed by atoms with E-state index < -0.39 is 10.7 Å². The Kier molecular flexibility index (Phi) is 7.93. The average molecular weight is 232 g/mol. The first kappa shape index (κ1) is 14.8. The summed E-state index contributed by atoms with van der Waals surface area (Å²) < 4.78 is -0.622. The first-order valence-electron chi connectivity index (χ1n) is 5.88. The zero-order chi connectivity index (χ0) is 11.7. The molecule has 90 valence electrons. The molecule has 0 bridgehead atoms. The minimum absolute atomic E-state index is 0.622. The lowest BCUT2D eigenvalue weighted by Gasteiger charge is -2.17. The lowest BCUT2D eigenvalue weighted by molar-refractivity contribution is -0.138. The fourth-order valence-corrected chi connectivity index (χ4v) is 2.25. The van der Waals surface area contributed by atoms with Gasteiger partial charge in [-0.25, -0.2) is 0 Å². The van der Waals surface area contributed by atoms with E-state index in [2.05, 4.69) is 6.92 Å². The van der Waals surface area contributed by atoms with Crippen molar-refractivity contribution in [1.82, 2.24) is 0 Å². The van der Waals surface area contributed by atoms with Crippen molar-refractivity contribution in [3.63, 3.8) is 0 Å². The molecule has 0 aliphatic carbocycles. The van der Waals surface area contributed by atoms with Gasteiger partial charge in [0.25, 0.3) is 0 Å². The van der Waals surface area contributed by atoms with Gasteiger partial charge >= 0.3 is 5.97 Å². The molecule has 0 saturated carbocycles. The summed E-state index contributed by atoms with van der Waals surface area (Å²) in [5.41, 5.74) is 0. The topological polar surface area (TPSA) is 37.3 Å². The normalized spacial score (nSPS) is 11.7. The number of hydrogen-bond donors (Lipinski definition) is 1. The van der Waals surface area contributed by atoms with E-state index in [4.69, 9.17) is 5.11 Å². The number of thioether (sulfide) groups is 1. The highest BCUT2D eigenvalue weighted by molar-refractivity contribution is 8.01. The lowest BCUT2D eigenvalue weighted by atomic mass is 10.1. The highest BCUT2D eigenvalue weighted by Crippen LogP contribution is 2.25. The molecule has 2 nitrogen and oxygen atoms in total. The van der Waals surface area contributed by atoms with Crippen LogP contribution in [0, 0.1) is 0 Å². The minimum Gasteiger partial charge on any atom is -0.480 e. The number of carboxylic acid groups (broad SMARTS) is 1. The molecule has 0 rings (SSSR count). The number of carbonyl (C=O) groups is 1. The molecule has 0 saturated heterocycles. The second kappa shape index (κ2) is 8.03. The summed E-state index contributed by atoms with van der Waals surface area (Å²) in [4.78, 5) is 10.8. The maximum Gasteiger partial charge on any atom is 0.319 e. The van der Waals surface area contributed by atoms with Gasteiger partial charge in [-0.1, -0.05) is 39.0 Å². The third-order valence-electron chi connectivity index (χ3n) is 2.48. The highest BCUT2D eigenvalue weighted by Gasteiger charge is 2.26. The third kappa shape index (κ3) is 7.71. The summed E-state index contributed by atoms with van der Waals surface area (Å²) in [5, 5.41) is 8.89. The molecule has 0 aromatic rings. The van der Waals surface area contributed by atoms with E-state index in [1.165, 1.54) is 32.1 Å². The van der Waals surface area contributed by atoms with Crippen LogP contribution in [0.3, 0.4) is 0 Å². The molecule has 0 atom stereocenters. The van der Waals surface area contributed by atoms with Crippen LogP contribution in [0.1, 0.15) is 59.3 Å². The van der Waals surface area contributed by atoms with E-state index in [0.717, 1.165) is 12.2 Å². The van der Waals surface area contributed by atoms with Crippen molar-refractivity contribution in [1.29, 1.82) is 0 Å². The molecule has 0 fully saturated rings. The molecule has 0 heterocycles. The molecule has 0 aromatic heterocycles. The molecule has 0 aliphatic rings. The number of aliphatic carboxylic acids is 1. The van der Waals surface area contributed by atoms with Gasteiger partial charge < -0.3 is 5.11 Å². The Morgan fingerprint density at radius 3 is 2.20 bits per heavy atom. The van der Waals surface area contributed by atoms with Crippen molar-refractivity contribution in [2.24, 2.45) is 0 Å². The van der Waals surface area contributed by atoms with Crippen LogP contribution in [0.15, 0.2) is 0 Å². The smallest absolute Gasteiger partial charge is 0.319 e. The highest BCUT2D eigenvalue weighted by atomic mass is 32.2. The zero-order valence-corrected chi connectivity index (χ0v) is 11.0. The summed E-state index contributed by atoms with van der Waals surface area (Å²) in [7, 11) is 0. The Morgan fingerprint density at radius 1 is 1.13 bits per heavy atom. The molecule has 0 spiro atoms. The molecular formula is C12H24O2S. The largest absolute Gasteiger partial charge is 0.480 e. The molecule has 0 aromatic carbocycles. The van der Waals surface area contributed by atoms with Crippen molar-refractivity contribution in [2.75, 3.05) is 5.75 Å². The van der Waals surface area contributed by atoms with E-state index in [-0.39, 0.29) is 0 Å². The standard InChI is InChI=1S/C12H24O2S/c1-4-5-6-7-8-9-10-15-12(2,3)11(13)14/h4-10H2,1-3H3,(H,13,14). The van der Waals surface area contributed by atoms with Crippen LogP contribution in [-0.2, 0) is 4.79 Å². The number of hydrogen-bond acceptors (Lipinski definition) is 2. The van der Waals surface area contributed by atoms with Crippen molar-refractivity contribution in [3.05, 3.63) is 0 Å². The molecule has 0 aliphatic heterocycles. The van der Waals surface area contributed by atoms with Gasteiger partial charge in [-0.05, 0) is 26.0 Å². The molecule has 1 N–H and O–H groups in total. The molecule has 3 heteroatoms. The van der Waals surface area contributed by atoms with Gasteiger partial charge in [0.05, 0.1) is 0 Å². The maximum atomic E-state index is 10.8. The van der Waals surface area contributed by atoms with Crippen molar-refractivity contribution < 1.29 is 9.90 Å². The van der Waals surface area contributed by atoms with Gasteiger partial charge in [0.2, 0.25) is 0 Å². The SMILES string of the molecule is CCCCCCCCSC(C)(C)C(=O)O. The summed E-state index contributed by atoms with van der Waals surface area (Å²) in [6.07, 6.45) is 7.60. The van der Waals surface area contributed by atoms with E-state index in [1.54, 1.807) is 25.6 Å². The first-order chi connectivity index (χ1) is 7.00. The molecule has 0 radical (unpaired) electrons. The Labute approximate surface area is 97.8 Å². The Morgan fingerprint density at radius 2 is 1.67 bits per heavy atom. The summed E-state index contributed by atoms with van der Waals surface area (Å²) >= 11 is 1.55.